The molecule has 4 nitrogen and oxygen atoms in total. The van der Waals surface area contributed by atoms with Crippen molar-refractivity contribution in [2.24, 2.45) is 10.8 Å². The van der Waals surface area contributed by atoms with Crippen LogP contribution in [0.25, 0.3) is 0 Å². The molecule has 0 aromatic heterocycles. The second kappa shape index (κ2) is 8.52. The van der Waals surface area contributed by atoms with Crippen molar-refractivity contribution in [2.75, 3.05) is 0 Å². The summed E-state index contributed by atoms with van der Waals surface area (Å²) < 4.78 is 0. The van der Waals surface area contributed by atoms with Gasteiger partial charge in [-0.05, 0) is 12.2 Å². The lowest BCUT2D eigenvalue weighted by molar-refractivity contribution is -0.114. The van der Waals surface area contributed by atoms with Crippen molar-refractivity contribution in [3.63, 3.8) is 0 Å². The number of primary amides is 1. The van der Waals surface area contributed by atoms with E-state index in [0.717, 1.165) is 0 Å². The first kappa shape index (κ1) is 13.4. The highest BCUT2D eigenvalue weighted by molar-refractivity contribution is 6.11. The molecule has 0 aromatic rings. The molecule has 92 valence electrons. The van der Waals surface area contributed by atoms with Crippen molar-refractivity contribution in [3.8, 4) is 0 Å². The van der Waals surface area contributed by atoms with E-state index in [9.17, 15) is 4.79 Å². The van der Waals surface area contributed by atoms with E-state index in [-0.39, 0.29) is 0 Å². The van der Waals surface area contributed by atoms with Crippen molar-refractivity contribution >= 4 is 12.1 Å². The van der Waals surface area contributed by atoms with Crippen LogP contribution < -0.4 is 11.2 Å². The Bertz CT molecular complexity index is 477. The molecule has 0 saturated carbocycles. The molecule has 0 aromatic carbocycles. The summed E-state index contributed by atoms with van der Waals surface area (Å²) in [5.74, 6) is -0.526. The van der Waals surface area contributed by atoms with E-state index in [1.165, 1.54) is 6.21 Å². The van der Waals surface area contributed by atoms with Gasteiger partial charge in [-0.2, -0.15) is 5.10 Å². The summed E-state index contributed by atoms with van der Waals surface area (Å²) in [7, 11) is 0. The predicted molar refractivity (Wildman–Crippen MR) is 74.6 cm³/mol. The van der Waals surface area contributed by atoms with Gasteiger partial charge in [0.15, 0.2) is 0 Å². The topological polar surface area (TPSA) is 67.5 Å². The number of hydrogen-bond donors (Lipinski definition) is 2. The first-order chi connectivity index (χ1) is 8.80. The van der Waals surface area contributed by atoms with Crippen LogP contribution in [-0.4, -0.2) is 12.1 Å². The molecule has 0 fully saturated rings. The Morgan fingerprint density at radius 2 is 1.50 bits per heavy atom. The Labute approximate surface area is 106 Å². The third-order valence-corrected chi connectivity index (χ3v) is 1.90. The first-order valence-electron chi connectivity index (χ1n) is 5.42. The van der Waals surface area contributed by atoms with Crippen molar-refractivity contribution in [3.05, 3.63) is 72.5 Å². The van der Waals surface area contributed by atoms with E-state index in [4.69, 9.17) is 5.73 Å². The number of carbonyl (C=O) groups excluding carboxylic acids is 1. The number of hydrazone groups is 1. The quantitative estimate of drug-likeness (QED) is 0.734. The van der Waals surface area contributed by atoms with Crippen LogP contribution in [0.1, 0.15) is 0 Å². The van der Waals surface area contributed by atoms with Crippen LogP contribution in [0.5, 0.6) is 0 Å². The zero-order valence-electron chi connectivity index (χ0n) is 9.86. The second-order valence-electron chi connectivity index (χ2n) is 3.27. The molecule has 1 aliphatic rings. The molecule has 0 radical (unpaired) electrons. The molecule has 0 aliphatic carbocycles. The van der Waals surface area contributed by atoms with Gasteiger partial charge in [0.25, 0.3) is 0 Å². The molecule has 1 rings (SSSR count). The predicted octanol–water partition coefficient (Wildman–Crippen LogP) is 1.73. The van der Waals surface area contributed by atoms with E-state index in [2.05, 4.69) is 10.5 Å². The number of nitrogens with one attached hydrogen (secondary N) is 1. The van der Waals surface area contributed by atoms with Crippen LogP contribution in [0, 0.1) is 0 Å². The van der Waals surface area contributed by atoms with Crippen LogP contribution in [-0.2, 0) is 4.79 Å². The minimum absolute atomic E-state index is 0.321. The molecular weight excluding hydrogens is 226 g/mol. The Morgan fingerprint density at radius 3 is 2.11 bits per heavy atom. The average Bonchev–Trinajstić information content (AvgIpc) is 2.36. The van der Waals surface area contributed by atoms with Gasteiger partial charge >= 0.3 is 0 Å². The molecule has 3 N–H and O–H groups in total. The maximum atomic E-state index is 11.1. The Balaban J connectivity index is 2.87. The average molecular weight is 241 g/mol. The Hall–Kier alpha value is -2.62. The van der Waals surface area contributed by atoms with Crippen LogP contribution in [0.3, 0.4) is 0 Å². The number of carbonyl (C=O) groups is 1. The number of allylic oxidation sites excluding steroid dienone is 10. The van der Waals surface area contributed by atoms with Gasteiger partial charge in [0.05, 0.1) is 11.8 Å². The minimum Gasteiger partial charge on any atom is -0.366 e. The van der Waals surface area contributed by atoms with Crippen LogP contribution >= 0.6 is 0 Å². The third-order valence-electron chi connectivity index (χ3n) is 1.90. The molecule has 4 heteroatoms. The largest absolute Gasteiger partial charge is 0.366 e. The smallest absolute Gasteiger partial charge is 0.250 e. The summed E-state index contributed by atoms with van der Waals surface area (Å²) in [5, 5.41) is 3.85. The van der Waals surface area contributed by atoms with Gasteiger partial charge in [0.1, 0.15) is 0 Å². The van der Waals surface area contributed by atoms with E-state index in [1.807, 2.05) is 36.5 Å². The van der Waals surface area contributed by atoms with Crippen LogP contribution in [0.4, 0.5) is 0 Å². The fourth-order valence-electron chi connectivity index (χ4n) is 1.05. The van der Waals surface area contributed by atoms with Crippen molar-refractivity contribution in [1.82, 2.24) is 5.43 Å². The number of nitrogens with zero attached hydrogens (tertiary/aromatic N) is 1. The number of hydrogen-bond acceptors (Lipinski definition) is 3. The number of rotatable bonds is 1. The molecule has 1 aliphatic heterocycles. The fraction of sp³-hybridized carbons (Fsp3) is 0. The molecule has 0 saturated heterocycles. The summed E-state index contributed by atoms with van der Waals surface area (Å²) in [6.07, 6.45) is 21.2. The zero-order valence-corrected chi connectivity index (χ0v) is 9.86. The third kappa shape index (κ3) is 6.07. The molecule has 0 spiro atoms. The molecule has 0 bridgehead atoms. The van der Waals surface area contributed by atoms with E-state index < -0.39 is 5.91 Å². The van der Waals surface area contributed by atoms with Gasteiger partial charge in [0, 0.05) is 6.20 Å². The molecule has 1 amide bonds. The number of nitrogens with two attached hydrogens (primary N) is 1. The normalized spacial score (nSPS) is 15.7. The van der Waals surface area contributed by atoms with Gasteiger partial charge < -0.3 is 5.73 Å². The SMILES string of the molecule is NC(=O)C1=CC=CC=CC=CC=CC=CNN=C1. The molecule has 18 heavy (non-hydrogen) atoms. The van der Waals surface area contributed by atoms with Crippen LogP contribution in [0.15, 0.2) is 77.6 Å². The standard InChI is InChI=1S/C14H15N3O/c15-14(18)13-10-8-6-4-2-1-3-5-7-9-11-16-17-12-13/h1-12,16H,(H2,15,18). The summed E-state index contributed by atoms with van der Waals surface area (Å²) >= 11 is 0. The minimum atomic E-state index is -0.526. The second-order valence-corrected chi connectivity index (χ2v) is 3.27. The first-order valence-corrected chi connectivity index (χ1v) is 5.42. The van der Waals surface area contributed by atoms with Gasteiger partial charge in [-0.25, -0.2) is 0 Å². The highest BCUT2D eigenvalue weighted by Crippen LogP contribution is 1.92. The van der Waals surface area contributed by atoms with Gasteiger partial charge in [-0.1, -0.05) is 48.6 Å². The van der Waals surface area contributed by atoms with Crippen molar-refractivity contribution < 1.29 is 4.79 Å². The van der Waals surface area contributed by atoms with Crippen molar-refractivity contribution in [1.29, 1.82) is 0 Å². The van der Waals surface area contributed by atoms with E-state index in [1.54, 1.807) is 30.5 Å². The van der Waals surface area contributed by atoms with Gasteiger partial charge in [0.2, 0.25) is 5.91 Å². The molecular formula is C14H15N3O. The van der Waals surface area contributed by atoms with Crippen molar-refractivity contribution in [2.45, 2.75) is 0 Å². The molecule has 0 unspecified atom stereocenters. The maximum Gasteiger partial charge on any atom is 0.250 e. The lowest BCUT2D eigenvalue weighted by atomic mass is 10.2. The fourth-order valence-corrected chi connectivity index (χ4v) is 1.05. The Morgan fingerprint density at radius 1 is 0.944 bits per heavy atom. The maximum absolute atomic E-state index is 11.1. The Kier molecular flexibility index (Phi) is 6.37. The summed E-state index contributed by atoms with van der Waals surface area (Å²) in [5.41, 5.74) is 8.20. The highest BCUT2D eigenvalue weighted by atomic mass is 16.1. The van der Waals surface area contributed by atoms with E-state index in [0.29, 0.717) is 5.57 Å². The summed E-state index contributed by atoms with van der Waals surface area (Å²) in [6, 6.07) is 0. The highest BCUT2D eigenvalue weighted by Gasteiger charge is 1.98. The van der Waals surface area contributed by atoms with Gasteiger partial charge in [-0.15, -0.1) is 0 Å². The zero-order chi connectivity index (χ0) is 13.1. The van der Waals surface area contributed by atoms with Gasteiger partial charge in [-0.3, -0.25) is 10.2 Å². The summed E-state index contributed by atoms with van der Waals surface area (Å²) in [4.78, 5) is 11.1. The monoisotopic (exact) mass is 241 g/mol. The van der Waals surface area contributed by atoms with Crippen LogP contribution in [0.2, 0.25) is 0 Å². The van der Waals surface area contributed by atoms with E-state index >= 15 is 0 Å². The number of amides is 1. The summed E-state index contributed by atoms with van der Waals surface area (Å²) in [6.45, 7) is 0. The molecule has 1 heterocycles. The lowest BCUT2D eigenvalue weighted by Gasteiger charge is -1.93. The molecule has 0 atom stereocenters. The lowest BCUT2D eigenvalue weighted by Crippen LogP contribution is -2.15.